The molecule has 17 nitrogen and oxygen atoms in total. The average Bonchev–Trinajstić information content (AvgIpc) is 3.91. The molecule has 4 aromatic carbocycles. The largest absolute Gasteiger partial charge is 0.493 e. The first-order valence-electron chi connectivity index (χ1n) is 21.3. The van der Waals surface area contributed by atoms with E-state index in [1.807, 2.05) is 48.7 Å². The number of imide groups is 1. The van der Waals surface area contributed by atoms with Gasteiger partial charge in [0.1, 0.15) is 12.4 Å². The van der Waals surface area contributed by atoms with Crippen LogP contribution in [0.15, 0.2) is 71.7 Å². The summed E-state index contributed by atoms with van der Waals surface area (Å²) in [6.07, 6.45) is 4.13. The van der Waals surface area contributed by atoms with Crippen LogP contribution in [-0.2, 0) is 36.8 Å². The van der Waals surface area contributed by atoms with Crippen molar-refractivity contribution in [3.63, 3.8) is 0 Å². The highest BCUT2D eigenvalue weighted by Gasteiger charge is 2.39. The van der Waals surface area contributed by atoms with Crippen LogP contribution in [-0.4, -0.2) is 107 Å². The van der Waals surface area contributed by atoms with Gasteiger partial charge in [-0.15, -0.1) is 5.06 Å². The lowest BCUT2D eigenvalue weighted by molar-refractivity contribution is -0.197. The van der Waals surface area contributed by atoms with E-state index in [9.17, 15) is 24.0 Å². The molecule has 0 radical (unpaired) electrons. The number of anilines is 3. The minimum Gasteiger partial charge on any atom is -0.493 e. The summed E-state index contributed by atoms with van der Waals surface area (Å²) in [6.45, 7) is 1.85. The van der Waals surface area contributed by atoms with Crippen LogP contribution < -0.4 is 38.8 Å². The summed E-state index contributed by atoms with van der Waals surface area (Å²) in [5.41, 5.74) is 5.86. The van der Waals surface area contributed by atoms with Gasteiger partial charge in [0.25, 0.3) is 23.6 Å². The van der Waals surface area contributed by atoms with Crippen LogP contribution in [0.5, 0.6) is 28.7 Å². The molecule has 332 valence electrons. The van der Waals surface area contributed by atoms with Crippen molar-refractivity contribution in [1.29, 1.82) is 0 Å². The number of hydroxylamine groups is 2. The number of carbonyl (C=O) groups excluding carboxylic acids is 5. The third-order valence-electron chi connectivity index (χ3n) is 11.7. The lowest BCUT2D eigenvalue weighted by atomic mass is 10.1. The molecule has 4 amide bonds. The van der Waals surface area contributed by atoms with Crippen LogP contribution in [0, 0.1) is 0 Å². The minimum atomic E-state index is -0.671. The number of methoxy groups -OCH3 is 2. The van der Waals surface area contributed by atoms with Crippen LogP contribution >= 0.6 is 0 Å². The smallest absolute Gasteiger partial charge is 0.333 e. The Kier molecular flexibility index (Phi) is 12.1. The molecule has 0 unspecified atom stereocenters. The van der Waals surface area contributed by atoms with Gasteiger partial charge < -0.3 is 43.5 Å². The van der Waals surface area contributed by atoms with Crippen molar-refractivity contribution in [3.8, 4) is 28.7 Å². The number of para-hydroxylation sites is 1. The normalized spacial score (nSPS) is 17.9. The first kappa shape index (κ1) is 42.2. The number of nitrogens with zero attached hydrogens (tertiary/aromatic N) is 4. The van der Waals surface area contributed by atoms with Crippen LogP contribution in [0.3, 0.4) is 0 Å². The Morgan fingerprint density at radius 1 is 0.703 bits per heavy atom. The van der Waals surface area contributed by atoms with Gasteiger partial charge in [-0.2, -0.15) is 0 Å². The molecular formula is C47H47N5O12. The van der Waals surface area contributed by atoms with Crippen molar-refractivity contribution in [1.82, 2.24) is 5.06 Å². The molecule has 64 heavy (non-hydrogen) atoms. The Labute approximate surface area is 368 Å². The van der Waals surface area contributed by atoms with Crippen LogP contribution in [0.4, 0.5) is 22.7 Å². The summed E-state index contributed by atoms with van der Waals surface area (Å²) >= 11 is 0. The molecule has 5 aliphatic heterocycles. The molecule has 1 N–H and O–H groups in total. The van der Waals surface area contributed by atoms with Gasteiger partial charge in [-0.3, -0.25) is 29.1 Å². The quantitative estimate of drug-likeness (QED) is 0.102. The summed E-state index contributed by atoms with van der Waals surface area (Å²) in [5, 5.41) is 3.99. The van der Waals surface area contributed by atoms with Crippen LogP contribution in [0.25, 0.3) is 0 Å². The molecule has 2 atom stereocenters. The summed E-state index contributed by atoms with van der Waals surface area (Å²) < 4.78 is 35.2. The fraction of sp³-hybridized carbons (Fsp3) is 0.362. The molecular weight excluding hydrogens is 827 g/mol. The number of ether oxygens (including phenoxy) is 6. The number of amides is 4. The molecule has 1 fully saturated rings. The van der Waals surface area contributed by atoms with E-state index in [-0.39, 0.29) is 63.0 Å². The summed E-state index contributed by atoms with van der Waals surface area (Å²) in [7, 11) is 3.07. The zero-order valence-corrected chi connectivity index (χ0v) is 35.5. The van der Waals surface area contributed by atoms with E-state index in [0.29, 0.717) is 102 Å². The van der Waals surface area contributed by atoms with E-state index < -0.39 is 17.8 Å². The van der Waals surface area contributed by atoms with Crippen molar-refractivity contribution in [2.45, 2.75) is 57.0 Å². The first-order valence-corrected chi connectivity index (χ1v) is 21.3. The Hall–Kier alpha value is -7.14. The van der Waals surface area contributed by atoms with Crippen molar-refractivity contribution in [3.05, 3.63) is 89.0 Å². The summed E-state index contributed by atoms with van der Waals surface area (Å²) in [6, 6.07) is 20.2. The average molecular weight is 874 g/mol. The maximum Gasteiger partial charge on any atom is 0.333 e. The predicted octanol–water partition coefficient (Wildman–Crippen LogP) is 5.62. The van der Waals surface area contributed by atoms with Gasteiger partial charge in [0.05, 0.1) is 80.7 Å². The molecule has 4 aromatic rings. The molecule has 0 saturated carbocycles. The number of fused-ring (bicyclic) bond motifs is 8. The van der Waals surface area contributed by atoms with Crippen LogP contribution in [0.2, 0.25) is 0 Å². The highest BCUT2D eigenvalue weighted by Crippen LogP contribution is 2.43. The lowest BCUT2D eigenvalue weighted by Gasteiger charge is -2.23. The van der Waals surface area contributed by atoms with Gasteiger partial charge in [0.15, 0.2) is 23.0 Å². The maximum atomic E-state index is 14.2. The molecule has 0 spiro atoms. The molecule has 0 aliphatic carbocycles. The second-order valence-corrected chi connectivity index (χ2v) is 15.8. The minimum absolute atomic E-state index is 0.00605. The highest BCUT2D eigenvalue weighted by molar-refractivity contribution is 6.15. The second kappa shape index (κ2) is 18.3. The number of aliphatic imine (C=N–C) groups is 1. The zero-order valence-electron chi connectivity index (χ0n) is 35.5. The lowest BCUT2D eigenvalue weighted by Crippen LogP contribution is -2.39. The first-order chi connectivity index (χ1) is 31.2. The zero-order chi connectivity index (χ0) is 44.3. The maximum absolute atomic E-state index is 14.2. The Bertz CT molecular complexity index is 2530. The van der Waals surface area contributed by atoms with Gasteiger partial charge in [-0.05, 0) is 48.2 Å². The number of hydrogen-bond acceptors (Lipinski definition) is 14. The van der Waals surface area contributed by atoms with Gasteiger partial charge in [-0.1, -0.05) is 24.3 Å². The standard InChI is InChI=1S/C47H47N5O12/c1-58-39-22-33-35(48-26-30-19-28-7-3-4-8-37(28)50(30)46(33)56)24-41(39)62-15-6-16-63-42-25-36-34(23-40(42)59-2)47(57)51-31(27-49-36)20-29-10-11-32(21-38(29)51)61-18-17-60-14-5-9-45(55)64-52-43(53)12-13-44(52)54/h3-4,7-8,10-11,21-26,30-31,49H,5-6,9,12-20,27H2,1-2H3/t30-,31-/m0/s1. The van der Waals surface area contributed by atoms with E-state index in [0.717, 1.165) is 22.5 Å². The predicted molar refractivity (Wildman–Crippen MR) is 232 cm³/mol. The molecule has 1 saturated heterocycles. The number of rotatable bonds is 17. The second-order valence-electron chi connectivity index (χ2n) is 15.8. The monoisotopic (exact) mass is 873 g/mol. The van der Waals surface area contributed by atoms with E-state index in [2.05, 4.69) is 5.32 Å². The van der Waals surface area contributed by atoms with E-state index in [1.54, 1.807) is 34.1 Å². The van der Waals surface area contributed by atoms with Gasteiger partial charge >= 0.3 is 5.97 Å². The van der Waals surface area contributed by atoms with Crippen molar-refractivity contribution < 1.29 is 57.2 Å². The van der Waals surface area contributed by atoms with E-state index >= 15 is 0 Å². The van der Waals surface area contributed by atoms with Gasteiger partial charge in [0, 0.05) is 68.9 Å². The molecule has 17 heteroatoms. The Morgan fingerprint density at radius 2 is 1.42 bits per heavy atom. The van der Waals surface area contributed by atoms with Gasteiger partial charge in [-0.25, -0.2) is 4.79 Å². The Morgan fingerprint density at radius 3 is 2.20 bits per heavy atom. The fourth-order valence-electron chi connectivity index (χ4n) is 8.58. The number of benzene rings is 4. The van der Waals surface area contributed by atoms with Crippen molar-refractivity contribution in [2.24, 2.45) is 4.99 Å². The number of carbonyl (C=O) groups is 5. The summed E-state index contributed by atoms with van der Waals surface area (Å²) in [5.74, 6) is 0.361. The topological polar surface area (TPSA) is 184 Å². The fourth-order valence-corrected chi connectivity index (χ4v) is 8.58. The Balaban J connectivity index is 0.769. The summed E-state index contributed by atoms with van der Waals surface area (Å²) in [4.78, 5) is 76.4. The molecule has 0 aromatic heterocycles. The molecule has 0 bridgehead atoms. The molecule has 5 aliphatic rings. The third kappa shape index (κ3) is 8.37. The van der Waals surface area contributed by atoms with E-state index in [4.69, 9.17) is 38.3 Å². The van der Waals surface area contributed by atoms with Gasteiger partial charge in [0.2, 0.25) is 0 Å². The molecule has 5 heterocycles. The third-order valence-corrected chi connectivity index (χ3v) is 11.7. The van der Waals surface area contributed by atoms with Crippen molar-refractivity contribution in [2.75, 3.05) is 68.9 Å². The number of hydrogen-bond donors (Lipinski definition) is 1. The van der Waals surface area contributed by atoms with Crippen LogP contribution in [0.1, 0.15) is 63.9 Å². The van der Waals surface area contributed by atoms with E-state index in [1.165, 1.54) is 14.2 Å². The SMILES string of the molecule is COc1cc2c(cc1OCCCOc1cc3c(cc1OC)C(=O)N1c4cc(OCCOCCCC(=O)ON5C(=O)CCC5=O)ccc4C[C@H]1CN3)N=C[C@@H]1Cc3ccccc3N1C2=O. The van der Waals surface area contributed by atoms with Crippen molar-refractivity contribution >= 4 is 58.6 Å². The molecule has 9 rings (SSSR count). The number of nitrogens with one attached hydrogen (secondary N) is 1. The highest BCUT2D eigenvalue weighted by atomic mass is 16.7.